The molecular formula is C3H7NaO4S. The van der Waals surface area contributed by atoms with Crippen molar-refractivity contribution in [3.8, 4) is 0 Å². The zero-order chi connectivity index (χ0) is 6.57. The summed E-state index contributed by atoms with van der Waals surface area (Å²) in [6.45, 7) is 0.968. The summed E-state index contributed by atoms with van der Waals surface area (Å²) in [5.41, 5.74) is 0. The summed E-state index contributed by atoms with van der Waals surface area (Å²) in [6, 6.07) is 0. The average Bonchev–Trinajstić information content (AvgIpc) is 1.61. The van der Waals surface area contributed by atoms with Crippen molar-refractivity contribution in [2.45, 2.75) is 6.92 Å². The number of hydrogen-bond acceptors (Lipinski definition) is 3. The van der Waals surface area contributed by atoms with Gasteiger partial charge in [-0.05, 0) is 6.92 Å². The van der Waals surface area contributed by atoms with E-state index in [1.54, 1.807) is 0 Å². The molecule has 0 amide bonds. The van der Waals surface area contributed by atoms with Gasteiger partial charge in [0.05, 0.1) is 0 Å². The molecule has 0 aliphatic rings. The minimum atomic E-state index is -2.31. The summed E-state index contributed by atoms with van der Waals surface area (Å²) in [5, 5.41) is 0. The van der Waals surface area contributed by atoms with Crippen LogP contribution >= 0.6 is 0 Å². The summed E-state index contributed by atoms with van der Waals surface area (Å²) in [5.74, 6) is -0.271. The van der Waals surface area contributed by atoms with Gasteiger partial charge in [-0.3, -0.25) is 13.5 Å². The van der Waals surface area contributed by atoms with Crippen LogP contribution in [0.3, 0.4) is 0 Å². The van der Waals surface area contributed by atoms with Crippen LogP contribution in [-0.2, 0) is 20.3 Å². The van der Waals surface area contributed by atoms with Crippen molar-refractivity contribution in [2.75, 3.05) is 6.61 Å². The van der Waals surface area contributed by atoms with Crippen molar-refractivity contribution in [3.63, 3.8) is 0 Å². The van der Waals surface area contributed by atoms with Gasteiger partial charge in [0.2, 0.25) is 0 Å². The Kier molecular flexibility index (Phi) is 9.46. The summed E-state index contributed by atoms with van der Waals surface area (Å²) in [7, 11) is 0. The van der Waals surface area contributed by atoms with Gasteiger partial charge in [0, 0.05) is 0 Å². The minimum absolute atomic E-state index is 0. The standard InChI is InChI=1S/C3H6O4S.Na.H/c1-3(4)2-7-8(5)6;;/h2H2,1H3,(H,5,6);;. The normalized spacial score (nSPS) is 11.8. The fourth-order valence-corrected chi connectivity index (χ4v) is 0.400. The summed E-state index contributed by atoms with van der Waals surface area (Å²) in [6.07, 6.45) is 0. The monoisotopic (exact) mass is 162 g/mol. The molecule has 0 aromatic rings. The van der Waals surface area contributed by atoms with Gasteiger partial charge < -0.3 is 0 Å². The summed E-state index contributed by atoms with van der Waals surface area (Å²) in [4.78, 5) is 9.98. The SMILES string of the molecule is CC(=O)COS(=O)O.[NaH]. The fourth-order valence-electron chi connectivity index (χ4n) is 0.133. The summed E-state index contributed by atoms with van der Waals surface area (Å²) < 4.78 is 21.5. The first-order chi connectivity index (χ1) is 3.63. The van der Waals surface area contributed by atoms with Gasteiger partial charge in [-0.15, -0.1) is 0 Å². The second kappa shape index (κ2) is 6.85. The fraction of sp³-hybridized carbons (Fsp3) is 0.667. The summed E-state index contributed by atoms with van der Waals surface area (Å²) >= 11 is -2.31. The van der Waals surface area contributed by atoms with E-state index >= 15 is 0 Å². The Hall–Kier alpha value is 0.740. The van der Waals surface area contributed by atoms with Gasteiger partial charge >= 0.3 is 40.9 Å². The van der Waals surface area contributed by atoms with Crippen LogP contribution in [0.2, 0.25) is 0 Å². The van der Waals surface area contributed by atoms with Crippen LogP contribution in [0.15, 0.2) is 0 Å². The van der Waals surface area contributed by atoms with Gasteiger partial charge in [-0.1, -0.05) is 0 Å². The number of Topliss-reactive ketones (excluding diaryl/α,β-unsaturated/α-hetero) is 1. The first-order valence-electron chi connectivity index (χ1n) is 1.86. The van der Waals surface area contributed by atoms with Crippen molar-refractivity contribution in [2.24, 2.45) is 0 Å². The molecule has 1 N–H and O–H groups in total. The molecule has 0 rings (SSSR count). The van der Waals surface area contributed by atoms with E-state index in [4.69, 9.17) is 4.55 Å². The van der Waals surface area contributed by atoms with Gasteiger partial charge in [-0.25, -0.2) is 0 Å². The molecular weight excluding hydrogens is 155 g/mol. The van der Waals surface area contributed by atoms with E-state index in [1.165, 1.54) is 6.92 Å². The van der Waals surface area contributed by atoms with E-state index in [-0.39, 0.29) is 41.9 Å². The average molecular weight is 162 g/mol. The number of ketones is 1. The van der Waals surface area contributed by atoms with E-state index in [0.29, 0.717) is 0 Å². The van der Waals surface area contributed by atoms with Crippen LogP contribution in [0.25, 0.3) is 0 Å². The third-order valence-electron chi connectivity index (χ3n) is 0.363. The predicted molar refractivity (Wildman–Crippen MR) is 34.6 cm³/mol. The maximum absolute atomic E-state index is 9.98. The Bertz CT molecular complexity index is 100. The van der Waals surface area contributed by atoms with Crippen LogP contribution < -0.4 is 0 Å². The third-order valence-corrected chi connectivity index (χ3v) is 0.682. The van der Waals surface area contributed by atoms with E-state index in [0.717, 1.165) is 0 Å². The van der Waals surface area contributed by atoms with Crippen molar-refractivity contribution in [3.05, 3.63) is 0 Å². The molecule has 0 fully saturated rings. The Morgan fingerprint density at radius 1 is 1.78 bits per heavy atom. The molecule has 6 heteroatoms. The molecule has 0 saturated carbocycles. The Labute approximate surface area is 77.7 Å². The number of rotatable bonds is 3. The van der Waals surface area contributed by atoms with E-state index in [1.807, 2.05) is 0 Å². The van der Waals surface area contributed by atoms with Gasteiger partial charge in [0.15, 0.2) is 5.78 Å². The van der Waals surface area contributed by atoms with Crippen LogP contribution in [0.5, 0.6) is 0 Å². The third kappa shape index (κ3) is 12.1. The second-order valence-corrected chi connectivity index (χ2v) is 1.85. The van der Waals surface area contributed by atoms with Gasteiger partial charge in [-0.2, -0.15) is 4.21 Å². The zero-order valence-electron chi connectivity index (χ0n) is 4.29. The first kappa shape index (κ1) is 12.4. The molecule has 50 valence electrons. The number of hydrogen-bond donors (Lipinski definition) is 1. The first-order valence-corrected chi connectivity index (χ1v) is 2.89. The molecule has 0 aromatic carbocycles. The molecule has 0 bridgehead atoms. The predicted octanol–water partition coefficient (Wildman–Crippen LogP) is -0.920. The van der Waals surface area contributed by atoms with Crippen molar-refractivity contribution < 1.29 is 17.7 Å². The van der Waals surface area contributed by atoms with Crippen LogP contribution in [0.4, 0.5) is 0 Å². The molecule has 0 aromatic heterocycles. The number of carbonyl (C=O) groups is 1. The van der Waals surface area contributed by atoms with E-state index < -0.39 is 11.4 Å². The second-order valence-electron chi connectivity index (χ2n) is 1.18. The molecule has 0 saturated heterocycles. The van der Waals surface area contributed by atoms with E-state index in [2.05, 4.69) is 4.18 Å². The Morgan fingerprint density at radius 2 is 2.22 bits per heavy atom. The molecule has 1 unspecified atom stereocenters. The molecule has 0 spiro atoms. The molecule has 0 aliphatic carbocycles. The van der Waals surface area contributed by atoms with Crippen LogP contribution in [0.1, 0.15) is 6.92 Å². The van der Waals surface area contributed by atoms with Crippen molar-refractivity contribution >= 4 is 46.7 Å². The van der Waals surface area contributed by atoms with Gasteiger partial charge in [0.25, 0.3) is 0 Å². The van der Waals surface area contributed by atoms with Crippen LogP contribution in [-0.4, -0.2) is 50.7 Å². The van der Waals surface area contributed by atoms with Crippen molar-refractivity contribution in [1.82, 2.24) is 0 Å². The Balaban J connectivity index is 0. The molecule has 0 radical (unpaired) electrons. The number of carbonyl (C=O) groups excluding carboxylic acids is 1. The topological polar surface area (TPSA) is 63.6 Å². The Morgan fingerprint density at radius 3 is 2.33 bits per heavy atom. The molecule has 4 nitrogen and oxygen atoms in total. The van der Waals surface area contributed by atoms with Crippen molar-refractivity contribution in [1.29, 1.82) is 0 Å². The van der Waals surface area contributed by atoms with Gasteiger partial charge in [0.1, 0.15) is 6.61 Å². The zero-order valence-corrected chi connectivity index (χ0v) is 5.10. The van der Waals surface area contributed by atoms with Crippen LogP contribution in [0, 0.1) is 0 Å². The molecule has 9 heavy (non-hydrogen) atoms. The molecule has 1 atom stereocenters. The molecule has 0 aliphatic heterocycles. The maximum atomic E-state index is 9.98. The molecule has 0 heterocycles. The quantitative estimate of drug-likeness (QED) is 0.430. The van der Waals surface area contributed by atoms with E-state index in [9.17, 15) is 9.00 Å².